The van der Waals surface area contributed by atoms with Crippen LogP contribution >= 0.6 is 0 Å². The molecule has 0 aliphatic heterocycles. The lowest BCUT2D eigenvalue weighted by atomic mass is 10.6. The lowest BCUT2D eigenvalue weighted by molar-refractivity contribution is 0.939. The Morgan fingerprint density at radius 2 is 1.35 bits per heavy atom. The average molecular weight is 239 g/mol. The highest BCUT2D eigenvalue weighted by molar-refractivity contribution is 5.33. The van der Waals surface area contributed by atoms with Crippen LogP contribution in [0.25, 0.3) is 5.65 Å². The maximum Gasteiger partial charge on any atom is 0.154 e. The monoisotopic (exact) mass is 239 g/mol. The quantitative estimate of drug-likeness (QED) is 0.659. The van der Waals surface area contributed by atoms with Crippen LogP contribution in [-0.4, -0.2) is 14.6 Å². The van der Waals surface area contributed by atoms with E-state index in [-0.39, 0.29) is 0 Å². The summed E-state index contributed by atoms with van der Waals surface area (Å²) in [6, 6.07) is 3.71. The summed E-state index contributed by atoms with van der Waals surface area (Å²) in [5, 5.41) is 3.97. The maximum atomic E-state index is 4.04. The van der Waals surface area contributed by atoms with E-state index < -0.39 is 0 Å². The molecule has 0 aliphatic rings. The predicted octanol–water partition coefficient (Wildman–Crippen LogP) is 4.83. The molecule has 2 aromatic heterocycles. The normalized spacial score (nSPS) is 6.82. The van der Waals surface area contributed by atoms with Crippen molar-refractivity contribution in [1.29, 1.82) is 0 Å². The first-order chi connectivity index (χ1) is 8.47. The molecule has 0 fully saturated rings. The fourth-order valence-electron chi connectivity index (χ4n) is 0.764. The van der Waals surface area contributed by atoms with Crippen molar-refractivity contribution in [3.63, 3.8) is 0 Å². The molecule has 0 radical (unpaired) electrons. The van der Waals surface area contributed by atoms with E-state index >= 15 is 0 Å². The molecule has 0 aromatic carbocycles. The second-order valence-corrected chi connectivity index (χ2v) is 1.75. The van der Waals surface area contributed by atoms with Gasteiger partial charge in [-0.05, 0) is 6.07 Å². The van der Waals surface area contributed by atoms with E-state index in [1.54, 1.807) is 16.9 Å². The van der Waals surface area contributed by atoms with Gasteiger partial charge in [-0.3, -0.25) is 0 Å². The van der Waals surface area contributed by atoms with Crippen molar-refractivity contribution in [3.8, 4) is 0 Å². The van der Waals surface area contributed by atoms with Crippen LogP contribution in [0.15, 0.2) is 30.7 Å². The molecule has 0 unspecified atom stereocenters. The van der Waals surface area contributed by atoms with E-state index in [0.29, 0.717) is 0 Å². The molecule has 0 N–H and O–H groups in total. The van der Waals surface area contributed by atoms with Crippen LogP contribution in [0, 0.1) is 0 Å². The van der Waals surface area contributed by atoms with Gasteiger partial charge in [0.05, 0.1) is 6.20 Å². The minimum atomic E-state index is 0.887. The summed E-state index contributed by atoms with van der Waals surface area (Å²) in [5.41, 5.74) is 0.887. The van der Waals surface area contributed by atoms with E-state index in [4.69, 9.17) is 0 Å². The number of fused-ring (bicyclic) bond motifs is 1. The van der Waals surface area contributed by atoms with Gasteiger partial charge in [-0.25, -0.2) is 9.50 Å². The molecular formula is C14H29N3. The molecule has 100 valence electrons. The van der Waals surface area contributed by atoms with Crippen LogP contribution in [0.2, 0.25) is 0 Å². The van der Waals surface area contributed by atoms with Crippen molar-refractivity contribution in [2.75, 3.05) is 0 Å². The number of rotatable bonds is 0. The van der Waals surface area contributed by atoms with Gasteiger partial charge in [-0.1, -0.05) is 55.4 Å². The van der Waals surface area contributed by atoms with Crippen molar-refractivity contribution in [3.05, 3.63) is 30.7 Å². The predicted molar refractivity (Wildman–Crippen MR) is 78.4 cm³/mol. The fraction of sp³-hybridized carbons (Fsp3) is 0.571. The molecule has 2 aromatic rings. The molecule has 0 amide bonds. The summed E-state index contributed by atoms with van der Waals surface area (Å²) in [6.45, 7) is 16.0. The summed E-state index contributed by atoms with van der Waals surface area (Å²) >= 11 is 0. The third-order valence-electron chi connectivity index (χ3n) is 1.17. The van der Waals surface area contributed by atoms with Gasteiger partial charge >= 0.3 is 0 Å². The zero-order valence-electron chi connectivity index (χ0n) is 12.7. The Kier molecular flexibility index (Phi) is 24.8. The molecule has 17 heavy (non-hydrogen) atoms. The summed E-state index contributed by atoms with van der Waals surface area (Å²) in [5.74, 6) is 0. The number of hydrogen-bond donors (Lipinski definition) is 0. The van der Waals surface area contributed by atoms with Crippen LogP contribution in [0.4, 0.5) is 0 Å². The smallest absolute Gasteiger partial charge is 0.154 e. The molecule has 2 heterocycles. The van der Waals surface area contributed by atoms with Gasteiger partial charge < -0.3 is 0 Å². The van der Waals surface area contributed by atoms with E-state index in [1.165, 1.54) is 0 Å². The van der Waals surface area contributed by atoms with Gasteiger partial charge in [0.2, 0.25) is 0 Å². The lowest BCUT2D eigenvalue weighted by Crippen LogP contribution is -1.85. The topological polar surface area (TPSA) is 30.2 Å². The molecule has 0 saturated heterocycles. The Balaban J connectivity index is -0.000000212. The Bertz CT molecular complexity index is 285. The summed E-state index contributed by atoms with van der Waals surface area (Å²) < 4.78 is 1.72. The highest BCUT2D eigenvalue weighted by atomic mass is 15.2. The van der Waals surface area contributed by atoms with Crippen LogP contribution in [0.3, 0.4) is 0 Å². The zero-order chi connectivity index (χ0) is 14.1. The van der Waals surface area contributed by atoms with Gasteiger partial charge in [0.25, 0.3) is 0 Å². The lowest BCUT2D eigenvalue weighted by Gasteiger charge is -1.85. The minimum absolute atomic E-state index is 0.887. The fourth-order valence-corrected chi connectivity index (χ4v) is 0.764. The van der Waals surface area contributed by atoms with Gasteiger partial charge in [-0.2, -0.15) is 5.10 Å². The Morgan fingerprint density at radius 1 is 0.824 bits per heavy atom. The van der Waals surface area contributed by atoms with Gasteiger partial charge in [0, 0.05) is 18.5 Å². The average Bonchev–Trinajstić information content (AvgIpc) is 2.96. The molecule has 0 bridgehead atoms. The van der Waals surface area contributed by atoms with E-state index in [9.17, 15) is 0 Å². The molecule has 0 atom stereocenters. The van der Waals surface area contributed by atoms with Crippen molar-refractivity contribution >= 4 is 5.65 Å². The minimum Gasteiger partial charge on any atom is -0.237 e. The molecule has 0 aliphatic carbocycles. The second kappa shape index (κ2) is 20.1. The Hall–Kier alpha value is -1.38. The van der Waals surface area contributed by atoms with Crippen molar-refractivity contribution in [2.24, 2.45) is 0 Å². The highest BCUT2D eigenvalue weighted by Gasteiger charge is 1.86. The molecule has 0 saturated carbocycles. The van der Waals surface area contributed by atoms with Crippen LogP contribution < -0.4 is 0 Å². The number of nitrogens with zero attached hydrogens (tertiary/aromatic N) is 3. The molecule has 0 spiro atoms. The summed E-state index contributed by atoms with van der Waals surface area (Å²) in [4.78, 5) is 4.04. The number of aromatic nitrogens is 3. The van der Waals surface area contributed by atoms with Crippen LogP contribution in [0.1, 0.15) is 55.4 Å². The molecule has 2 rings (SSSR count). The first kappa shape index (κ1) is 21.0. The third kappa shape index (κ3) is 9.54. The Labute approximate surface area is 107 Å². The van der Waals surface area contributed by atoms with Crippen LogP contribution in [-0.2, 0) is 0 Å². The van der Waals surface area contributed by atoms with Crippen molar-refractivity contribution in [2.45, 2.75) is 55.4 Å². The second-order valence-electron chi connectivity index (χ2n) is 1.75. The molecular weight excluding hydrogens is 210 g/mol. The van der Waals surface area contributed by atoms with Gasteiger partial charge in [0.15, 0.2) is 5.65 Å². The van der Waals surface area contributed by atoms with Crippen molar-refractivity contribution in [1.82, 2.24) is 14.6 Å². The Morgan fingerprint density at radius 3 is 1.82 bits per heavy atom. The zero-order valence-corrected chi connectivity index (χ0v) is 12.7. The maximum absolute atomic E-state index is 4.04. The first-order valence-electron chi connectivity index (χ1n) is 6.71. The first-order valence-corrected chi connectivity index (χ1v) is 6.71. The summed E-state index contributed by atoms with van der Waals surface area (Å²) in [7, 11) is 0. The van der Waals surface area contributed by atoms with E-state index in [1.807, 2.05) is 73.7 Å². The van der Waals surface area contributed by atoms with Gasteiger partial charge in [0.1, 0.15) is 0 Å². The molecule has 3 heteroatoms. The standard InChI is InChI=1S/C6H5N3.4C2H6/c1-3-7-6-2-4-8-9(6)5-1;4*1-2/h1-5H;4*1-2H3. The van der Waals surface area contributed by atoms with E-state index in [2.05, 4.69) is 10.1 Å². The van der Waals surface area contributed by atoms with Gasteiger partial charge in [-0.15, -0.1) is 0 Å². The third-order valence-corrected chi connectivity index (χ3v) is 1.17. The summed E-state index contributed by atoms with van der Waals surface area (Å²) in [6.07, 6.45) is 5.34. The van der Waals surface area contributed by atoms with E-state index in [0.717, 1.165) is 5.65 Å². The highest BCUT2D eigenvalue weighted by Crippen LogP contribution is 1.93. The SMILES string of the molecule is CC.CC.CC.CC.c1cnc2ccnn2c1. The number of hydrogen-bond acceptors (Lipinski definition) is 2. The van der Waals surface area contributed by atoms with Crippen molar-refractivity contribution < 1.29 is 0 Å². The molecule has 3 nitrogen and oxygen atoms in total. The largest absolute Gasteiger partial charge is 0.237 e. The van der Waals surface area contributed by atoms with Crippen LogP contribution in [0.5, 0.6) is 0 Å².